The quantitative estimate of drug-likeness (QED) is 0.0834. The van der Waals surface area contributed by atoms with Crippen LogP contribution in [0.1, 0.15) is 32.7 Å². The van der Waals surface area contributed by atoms with Crippen LogP contribution in [0.25, 0.3) is 22.4 Å². The number of rotatable bonds is 11. The number of anilines is 1. The van der Waals surface area contributed by atoms with Gasteiger partial charge in [0, 0.05) is 28.7 Å². The van der Waals surface area contributed by atoms with Crippen LogP contribution in [0.3, 0.4) is 0 Å². The number of hydrogen-bond acceptors (Lipinski definition) is 10. The van der Waals surface area contributed by atoms with E-state index in [1.807, 2.05) is 30.3 Å². The van der Waals surface area contributed by atoms with Crippen molar-refractivity contribution in [3.63, 3.8) is 0 Å². The summed E-state index contributed by atoms with van der Waals surface area (Å²) in [4.78, 5) is 57.8. The molecule has 2 heterocycles. The highest BCUT2D eigenvalue weighted by atomic mass is 32.2. The van der Waals surface area contributed by atoms with Crippen molar-refractivity contribution in [2.45, 2.75) is 16.7 Å². The van der Waals surface area contributed by atoms with Gasteiger partial charge in [0.05, 0.1) is 42.0 Å². The Labute approximate surface area is 292 Å². The predicted octanol–water partition coefficient (Wildman–Crippen LogP) is 6.77. The summed E-state index contributed by atoms with van der Waals surface area (Å²) >= 11 is 1.05. The topological polar surface area (TPSA) is 136 Å². The smallest absolute Gasteiger partial charge is 0.338 e. The minimum Gasteiger partial charge on any atom is -0.497 e. The van der Waals surface area contributed by atoms with Crippen LogP contribution >= 0.6 is 11.8 Å². The summed E-state index contributed by atoms with van der Waals surface area (Å²) in [5.74, 6) is -0.916. The number of methoxy groups -OCH3 is 2. The molecule has 0 bridgehead atoms. The highest BCUT2D eigenvalue weighted by Gasteiger charge is 2.41. The molecule has 1 atom stereocenters. The maximum Gasteiger partial charge on any atom is 0.338 e. The van der Waals surface area contributed by atoms with Crippen LogP contribution in [0.4, 0.5) is 5.69 Å². The Morgan fingerprint density at radius 2 is 1.56 bits per heavy atom. The molecule has 0 saturated carbocycles. The van der Waals surface area contributed by atoms with E-state index in [9.17, 15) is 24.4 Å². The van der Waals surface area contributed by atoms with Gasteiger partial charge >= 0.3 is 5.97 Å². The Morgan fingerprint density at radius 3 is 2.22 bits per heavy atom. The summed E-state index contributed by atoms with van der Waals surface area (Å²) < 4.78 is 16.3. The van der Waals surface area contributed by atoms with Gasteiger partial charge in [0.25, 0.3) is 0 Å². The van der Waals surface area contributed by atoms with Gasteiger partial charge in [-0.3, -0.25) is 14.4 Å². The molecule has 1 saturated heterocycles. The van der Waals surface area contributed by atoms with E-state index in [1.165, 1.54) is 31.4 Å². The summed E-state index contributed by atoms with van der Waals surface area (Å²) in [5, 5.41) is 9.85. The molecule has 1 aromatic heterocycles. The average Bonchev–Trinajstić information content (AvgIpc) is 3.44. The first-order valence-corrected chi connectivity index (χ1v) is 16.3. The van der Waals surface area contributed by atoms with Crippen molar-refractivity contribution in [1.29, 1.82) is 5.26 Å². The number of hydrogen-bond donors (Lipinski definition) is 0. The molecule has 1 unspecified atom stereocenters. The van der Waals surface area contributed by atoms with Gasteiger partial charge in [-0.2, -0.15) is 5.26 Å². The number of pyridine rings is 1. The van der Waals surface area contributed by atoms with Crippen molar-refractivity contribution in [3.05, 3.63) is 126 Å². The molecular formula is C39H29N3O7S. The monoisotopic (exact) mass is 683 g/mol. The third-order valence-electron chi connectivity index (χ3n) is 8.01. The van der Waals surface area contributed by atoms with Crippen LogP contribution < -0.4 is 14.4 Å². The second kappa shape index (κ2) is 14.9. The lowest BCUT2D eigenvalue weighted by Crippen LogP contribution is -2.31. The van der Waals surface area contributed by atoms with Gasteiger partial charge in [0.1, 0.15) is 22.6 Å². The number of ether oxygens (including phenoxy) is 3. The molecule has 1 aliphatic heterocycles. The average molecular weight is 684 g/mol. The summed E-state index contributed by atoms with van der Waals surface area (Å²) in [5.41, 5.74) is 3.55. The zero-order valence-electron chi connectivity index (χ0n) is 27.0. The SMILES string of the molecule is COc1ccc(OC)c(-c2cc(-c3ccccc3)nc(SC3CC(=O)N(c4ccc(C(=O)OCC(=O)c5ccccc5)cc4)C3=O)c2C#N)c1. The fourth-order valence-corrected chi connectivity index (χ4v) is 6.61. The second-order valence-corrected chi connectivity index (χ2v) is 12.3. The lowest BCUT2D eigenvalue weighted by Gasteiger charge is -2.17. The Bertz CT molecular complexity index is 2130. The third kappa shape index (κ3) is 6.97. The van der Waals surface area contributed by atoms with Gasteiger partial charge in [-0.25, -0.2) is 14.7 Å². The van der Waals surface area contributed by atoms with Crippen molar-refractivity contribution in [2.24, 2.45) is 0 Å². The van der Waals surface area contributed by atoms with Crippen molar-refractivity contribution in [3.8, 4) is 40.0 Å². The van der Waals surface area contributed by atoms with E-state index < -0.39 is 29.6 Å². The van der Waals surface area contributed by atoms with Crippen LogP contribution in [0.15, 0.2) is 114 Å². The molecule has 4 aromatic carbocycles. The number of ketones is 1. The molecule has 0 spiro atoms. The van der Waals surface area contributed by atoms with Crippen molar-refractivity contribution in [1.82, 2.24) is 4.98 Å². The molecule has 0 radical (unpaired) electrons. The number of nitrogens with zero attached hydrogens (tertiary/aromatic N) is 3. The lowest BCUT2D eigenvalue weighted by molar-refractivity contribution is -0.121. The number of aromatic nitrogens is 1. The van der Waals surface area contributed by atoms with E-state index in [-0.39, 0.29) is 34.0 Å². The molecule has 5 aromatic rings. The molecule has 1 aliphatic rings. The van der Waals surface area contributed by atoms with Crippen molar-refractivity contribution < 1.29 is 33.4 Å². The zero-order chi connectivity index (χ0) is 35.2. The first-order chi connectivity index (χ1) is 24.3. The van der Waals surface area contributed by atoms with Gasteiger partial charge in [-0.1, -0.05) is 72.4 Å². The largest absolute Gasteiger partial charge is 0.497 e. The highest BCUT2D eigenvalue weighted by Crippen LogP contribution is 2.42. The summed E-state index contributed by atoms with van der Waals surface area (Å²) in [7, 11) is 3.08. The van der Waals surface area contributed by atoms with E-state index in [2.05, 4.69) is 6.07 Å². The minimum atomic E-state index is -0.873. The number of amides is 2. The Hall–Kier alpha value is -6.25. The number of Topliss-reactive ketones (excluding diaryl/α,β-unsaturated/α-hetero) is 1. The van der Waals surface area contributed by atoms with E-state index >= 15 is 0 Å². The fourth-order valence-electron chi connectivity index (χ4n) is 5.48. The molecule has 1 fully saturated rings. The van der Waals surface area contributed by atoms with Crippen molar-refractivity contribution >= 4 is 41.0 Å². The standard InChI is InChI=1S/C39H29N3O7S/c1-47-28-17-18-34(48-2)30(19-28)29-20-32(24-9-5-3-6-10-24)41-37(31(29)22-40)50-35-21-36(44)42(38(35)45)27-15-13-26(14-16-27)39(46)49-23-33(43)25-11-7-4-8-12-25/h3-20,35H,21,23H2,1-2H3. The maximum absolute atomic E-state index is 13.8. The van der Waals surface area contributed by atoms with Crippen LogP contribution in [0.2, 0.25) is 0 Å². The molecule has 0 aliphatic carbocycles. The maximum atomic E-state index is 13.8. The Kier molecular flexibility index (Phi) is 10.0. The highest BCUT2D eigenvalue weighted by molar-refractivity contribution is 8.00. The number of imide groups is 1. The Morgan fingerprint density at radius 1 is 0.860 bits per heavy atom. The Balaban J connectivity index is 1.26. The van der Waals surface area contributed by atoms with E-state index in [0.29, 0.717) is 33.9 Å². The molecule has 0 N–H and O–H groups in total. The van der Waals surface area contributed by atoms with Gasteiger partial charge in [0.2, 0.25) is 11.8 Å². The summed E-state index contributed by atoms with van der Waals surface area (Å²) in [6, 6.07) is 33.0. The molecular weight excluding hydrogens is 655 g/mol. The molecule has 50 heavy (non-hydrogen) atoms. The van der Waals surface area contributed by atoms with Gasteiger partial charge in [0.15, 0.2) is 12.4 Å². The normalized spacial score (nSPS) is 13.9. The van der Waals surface area contributed by atoms with Gasteiger partial charge < -0.3 is 14.2 Å². The second-order valence-electron chi connectivity index (χ2n) is 11.1. The zero-order valence-corrected chi connectivity index (χ0v) is 27.8. The molecule has 10 nitrogen and oxygen atoms in total. The minimum absolute atomic E-state index is 0.130. The predicted molar refractivity (Wildman–Crippen MR) is 187 cm³/mol. The number of carbonyl (C=O) groups excluding carboxylic acids is 4. The van der Waals surface area contributed by atoms with Crippen LogP contribution in [-0.4, -0.2) is 54.6 Å². The number of nitriles is 1. The molecule has 11 heteroatoms. The lowest BCUT2D eigenvalue weighted by atomic mass is 9.98. The van der Waals surface area contributed by atoms with Crippen LogP contribution in [-0.2, 0) is 14.3 Å². The number of thioether (sulfide) groups is 1. The van der Waals surface area contributed by atoms with E-state index in [0.717, 1.165) is 22.2 Å². The van der Waals surface area contributed by atoms with Gasteiger partial charge in [-0.15, -0.1) is 0 Å². The van der Waals surface area contributed by atoms with Crippen LogP contribution in [0, 0.1) is 11.3 Å². The molecule has 2 amide bonds. The third-order valence-corrected chi connectivity index (χ3v) is 9.19. The first-order valence-electron chi connectivity index (χ1n) is 15.4. The first kappa shape index (κ1) is 33.6. The van der Waals surface area contributed by atoms with Gasteiger partial charge in [-0.05, 0) is 48.5 Å². The number of benzene rings is 4. The van der Waals surface area contributed by atoms with E-state index in [4.69, 9.17) is 19.2 Å². The van der Waals surface area contributed by atoms with Crippen molar-refractivity contribution in [2.75, 3.05) is 25.7 Å². The summed E-state index contributed by atoms with van der Waals surface area (Å²) in [6.45, 7) is -0.427. The molecule has 6 rings (SSSR count). The summed E-state index contributed by atoms with van der Waals surface area (Å²) in [6.07, 6.45) is -0.130. The molecule has 248 valence electrons. The number of esters is 1. The van der Waals surface area contributed by atoms with E-state index in [1.54, 1.807) is 61.7 Å². The fraction of sp³-hybridized carbons (Fsp3) is 0.128. The van der Waals surface area contributed by atoms with Crippen LogP contribution in [0.5, 0.6) is 11.5 Å². The number of carbonyl (C=O) groups is 4.